The first kappa shape index (κ1) is 16.0. The Labute approximate surface area is 116 Å². The molecule has 0 aromatic heterocycles. The van der Waals surface area contributed by atoms with Gasteiger partial charge in [-0.25, -0.2) is 0 Å². The molecule has 0 aliphatic carbocycles. The Balaban J connectivity index is 2.19. The summed E-state index contributed by atoms with van der Waals surface area (Å²) in [6.45, 7) is 5.88. The van der Waals surface area contributed by atoms with Crippen LogP contribution in [0.3, 0.4) is 0 Å². The van der Waals surface area contributed by atoms with E-state index < -0.39 is 0 Å². The van der Waals surface area contributed by atoms with Crippen LogP contribution in [-0.2, 0) is 9.59 Å². The summed E-state index contributed by atoms with van der Waals surface area (Å²) in [6.07, 6.45) is 3.35. The first-order chi connectivity index (χ1) is 9.02. The average Bonchev–Trinajstić information content (AvgIpc) is 2.42. The van der Waals surface area contributed by atoms with Crippen molar-refractivity contribution in [2.24, 2.45) is 5.92 Å². The smallest absolute Gasteiger partial charge is 0.241 e. The summed E-state index contributed by atoms with van der Waals surface area (Å²) >= 11 is 0. The van der Waals surface area contributed by atoms with Crippen LogP contribution in [0.15, 0.2) is 0 Å². The maximum absolute atomic E-state index is 11.9. The normalized spacial score (nSPS) is 16.7. The molecule has 1 rings (SSSR count). The van der Waals surface area contributed by atoms with Gasteiger partial charge in [0.2, 0.25) is 11.8 Å². The van der Waals surface area contributed by atoms with Crippen LogP contribution >= 0.6 is 0 Å². The van der Waals surface area contributed by atoms with Gasteiger partial charge in [0.25, 0.3) is 0 Å². The molecule has 2 amide bonds. The Morgan fingerprint density at radius 1 is 1.26 bits per heavy atom. The summed E-state index contributed by atoms with van der Waals surface area (Å²) in [5.41, 5.74) is 0. The minimum atomic E-state index is -0.0211. The Morgan fingerprint density at radius 2 is 1.89 bits per heavy atom. The van der Waals surface area contributed by atoms with Crippen molar-refractivity contribution in [1.29, 1.82) is 0 Å². The predicted octanol–water partition coefficient (Wildman–Crippen LogP) is 0.749. The van der Waals surface area contributed by atoms with Crippen LogP contribution < -0.4 is 10.6 Å². The maximum atomic E-state index is 11.9. The molecule has 0 unspecified atom stereocenters. The van der Waals surface area contributed by atoms with Gasteiger partial charge in [-0.05, 0) is 32.2 Å². The second-order valence-corrected chi connectivity index (χ2v) is 5.65. The number of carbonyl (C=O) groups excluding carboxylic acids is 2. The van der Waals surface area contributed by atoms with Crippen LogP contribution in [0, 0.1) is 5.92 Å². The van der Waals surface area contributed by atoms with Crippen molar-refractivity contribution in [3.8, 4) is 0 Å². The van der Waals surface area contributed by atoms with Crippen molar-refractivity contribution in [2.45, 2.75) is 45.6 Å². The largest absolute Gasteiger partial charge is 0.347 e. The molecule has 0 spiro atoms. The quantitative estimate of drug-likeness (QED) is 0.748. The van der Waals surface area contributed by atoms with Crippen molar-refractivity contribution in [1.82, 2.24) is 15.5 Å². The fourth-order valence-corrected chi connectivity index (χ4v) is 2.21. The highest BCUT2D eigenvalue weighted by Crippen LogP contribution is 2.09. The third-order valence-electron chi connectivity index (χ3n) is 3.64. The molecule has 19 heavy (non-hydrogen) atoms. The lowest BCUT2D eigenvalue weighted by molar-refractivity contribution is -0.133. The number of hydrogen-bond acceptors (Lipinski definition) is 3. The number of carbonyl (C=O) groups is 2. The number of rotatable bonds is 6. The summed E-state index contributed by atoms with van der Waals surface area (Å²) in [4.78, 5) is 25.3. The lowest BCUT2D eigenvalue weighted by atomic mass is 10.1. The Bertz CT molecular complexity index is 297. The maximum Gasteiger partial charge on any atom is 0.241 e. The zero-order valence-electron chi connectivity index (χ0n) is 12.4. The molecule has 0 radical (unpaired) electrons. The Morgan fingerprint density at radius 3 is 2.42 bits per heavy atom. The topological polar surface area (TPSA) is 61.4 Å². The van der Waals surface area contributed by atoms with E-state index in [0.717, 1.165) is 32.4 Å². The molecule has 0 bridgehead atoms. The van der Waals surface area contributed by atoms with Crippen LogP contribution in [0.4, 0.5) is 0 Å². The van der Waals surface area contributed by atoms with E-state index in [-0.39, 0.29) is 18.4 Å². The van der Waals surface area contributed by atoms with Crippen molar-refractivity contribution in [3.05, 3.63) is 0 Å². The lowest BCUT2D eigenvalue weighted by Gasteiger charge is -2.31. The average molecular weight is 269 g/mol. The molecule has 1 aliphatic heterocycles. The number of hydrogen-bond donors (Lipinski definition) is 2. The second-order valence-electron chi connectivity index (χ2n) is 5.65. The summed E-state index contributed by atoms with van der Waals surface area (Å²) in [6, 6.07) is 0.518. The molecular formula is C14H27N3O2. The van der Waals surface area contributed by atoms with E-state index in [9.17, 15) is 9.59 Å². The highest BCUT2D eigenvalue weighted by molar-refractivity contribution is 5.84. The van der Waals surface area contributed by atoms with Crippen LogP contribution in [0.25, 0.3) is 0 Å². The zero-order chi connectivity index (χ0) is 14.3. The SMILES string of the molecule is CNC1CCN(C(=O)CNC(=O)CCC(C)C)CC1. The third kappa shape index (κ3) is 6.05. The molecular weight excluding hydrogens is 242 g/mol. The molecule has 5 heteroatoms. The van der Waals surface area contributed by atoms with Crippen LogP contribution in [-0.4, -0.2) is 49.4 Å². The molecule has 2 N–H and O–H groups in total. The van der Waals surface area contributed by atoms with Crippen molar-refractivity contribution in [2.75, 3.05) is 26.7 Å². The lowest BCUT2D eigenvalue weighted by Crippen LogP contribution is -2.47. The highest BCUT2D eigenvalue weighted by atomic mass is 16.2. The number of piperidine rings is 1. The van der Waals surface area contributed by atoms with Gasteiger partial charge in [-0.2, -0.15) is 0 Å². The standard InChI is InChI=1S/C14H27N3O2/c1-11(2)4-5-13(18)16-10-14(19)17-8-6-12(15-3)7-9-17/h11-12,15H,4-10H2,1-3H3,(H,16,18). The van der Waals surface area contributed by atoms with E-state index in [1.165, 1.54) is 0 Å². The number of likely N-dealkylation sites (tertiary alicyclic amines) is 1. The first-order valence-electron chi connectivity index (χ1n) is 7.24. The van der Waals surface area contributed by atoms with Crippen LogP contribution in [0.2, 0.25) is 0 Å². The molecule has 1 aliphatic rings. The van der Waals surface area contributed by atoms with Gasteiger partial charge in [-0.3, -0.25) is 9.59 Å². The summed E-state index contributed by atoms with van der Waals surface area (Å²) < 4.78 is 0. The van der Waals surface area contributed by atoms with Crippen molar-refractivity contribution in [3.63, 3.8) is 0 Å². The van der Waals surface area contributed by atoms with E-state index >= 15 is 0 Å². The van der Waals surface area contributed by atoms with Gasteiger partial charge in [0.1, 0.15) is 0 Å². The van der Waals surface area contributed by atoms with Gasteiger partial charge in [-0.15, -0.1) is 0 Å². The molecule has 0 aromatic carbocycles. The monoisotopic (exact) mass is 269 g/mol. The van der Waals surface area contributed by atoms with E-state index in [1.54, 1.807) is 0 Å². The van der Waals surface area contributed by atoms with Crippen LogP contribution in [0.5, 0.6) is 0 Å². The number of nitrogens with one attached hydrogen (secondary N) is 2. The van der Waals surface area contributed by atoms with Crippen LogP contribution in [0.1, 0.15) is 39.5 Å². The van der Waals surface area contributed by atoms with E-state index in [2.05, 4.69) is 24.5 Å². The zero-order valence-corrected chi connectivity index (χ0v) is 12.4. The van der Waals surface area contributed by atoms with Gasteiger partial charge in [0, 0.05) is 25.6 Å². The van der Waals surface area contributed by atoms with Crippen molar-refractivity contribution < 1.29 is 9.59 Å². The van der Waals surface area contributed by atoms with Gasteiger partial charge >= 0.3 is 0 Å². The summed E-state index contributed by atoms with van der Waals surface area (Å²) in [5, 5.41) is 5.95. The third-order valence-corrected chi connectivity index (χ3v) is 3.64. The molecule has 0 saturated carbocycles. The molecule has 5 nitrogen and oxygen atoms in total. The highest BCUT2D eigenvalue weighted by Gasteiger charge is 2.21. The molecule has 1 heterocycles. The molecule has 1 fully saturated rings. The van der Waals surface area contributed by atoms with Gasteiger partial charge in [0.15, 0.2) is 0 Å². The second kappa shape index (κ2) is 8.15. The van der Waals surface area contributed by atoms with E-state index in [4.69, 9.17) is 0 Å². The Hall–Kier alpha value is -1.10. The van der Waals surface area contributed by atoms with Gasteiger partial charge < -0.3 is 15.5 Å². The predicted molar refractivity (Wildman–Crippen MR) is 75.7 cm³/mol. The molecule has 0 aromatic rings. The summed E-state index contributed by atoms with van der Waals surface area (Å²) in [7, 11) is 1.96. The summed E-state index contributed by atoms with van der Waals surface area (Å²) in [5.74, 6) is 0.529. The van der Waals surface area contributed by atoms with Gasteiger partial charge in [0.05, 0.1) is 6.54 Å². The van der Waals surface area contributed by atoms with E-state index in [0.29, 0.717) is 18.4 Å². The Kier molecular flexibility index (Phi) is 6.84. The molecule has 110 valence electrons. The minimum Gasteiger partial charge on any atom is -0.347 e. The van der Waals surface area contributed by atoms with E-state index in [1.807, 2.05) is 11.9 Å². The fraction of sp³-hybridized carbons (Fsp3) is 0.857. The fourth-order valence-electron chi connectivity index (χ4n) is 2.21. The first-order valence-corrected chi connectivity index (χ1v) is 7.24. The molecule has 1 saturated heterocycles. The number of nitrogens with zero attached hydrogens (tertiary/aromatic N) is 1. The minimum absolute atomic E-state index is 0.0211. The molecule has 0 atom stereocenters. The van der Waals surface area contributed by atoms with Gasteiger partial charge in [-0.1, -0.05) is 13.8 Å². The number of amides is 2. The van der Waals surface area contributed by atoms with Crippen molar-refractivity contribution >= 4 is 11.8 Å².